The van der Waals surface area contributed by atoms with Crippen molar-refractivity contribution in [1.29, 1.82) is 0 Å². The third kappa shape index (κ3) is 5.65. The average Bonchev–Trinajstić information content (AvgIpc) is 2.73. The lowest BCUT2D eigenvalue weighted by Gasteiger charge is -2.11. The lowest BCUT2D eigenvalue weighted by Crippen LogP contribution is -2.16. The van der Waals surface area contributed by atoms with Crippen molar-refractivity contribution < 1.29 is 9.53 Å². The van der Waals surface area contributed by atoms with E-state index in [9.17, 15) is 4.79 Å². The van der Waals surface area contributed by atoms with Crippen LogP contribution in [0.15, 0.2) is 73.3 Å². The molecule has 0 bridgehead atoms. The molecule has 2 aromatic carbocycles. The summed E-state index contributed by atoms with van der Waals surface area (Å²) >= 11 is 0. The highest BCUT2D eigenvalue weighted by Gasteiger charge is 2.13. The number of nitrogens with one attached hydrogen (secondary N) is 2. The highest BCUT2D eigenvalue weighted by Crippen LogP contribution is 2.20. The molecular weight excluding hydrogens is 364 g/mol. The van der Waals surface area contributed by atoms with E-state index in [2.05, 4.69) is 27.2 Å². The van der Waals surface area contributed by atoms with Crippen LogP contribution in [0.4, 0.5) is 11.5 Å². The zero-order chi connectivity index (χ0) is 20.6. The van der Waals surface area contributed by atoms with E-state index in [4.69, 9.17) is 4.74 Å². The smallest absolute Gasteiger partial charge is 0.274 e. The number of rotatable bonds is 8. The molecule has 3 aromatic rings. The normalized spacial score (nSPS) is 10.4. The fraction of sp³-hybridized carbons (Fsp3) is 0.174. The zero-order valence-corrected chi connectivity index (χ0v) is 16.6. The summed E-state index contributed by atoms with van der Waals surface area (Å²) in [7, 11) is 0. The molecule has 0 saturated heterocycles. The molecule has 3 rings (SSSR count). The van der Waals surface area contributed by atoms with Gasteiger partial charge < -0.3 is 15.4 Å². The van der Waals surface area contributed by atoms with Gasteiger partial charge in [-0.25, -0.2) is 9.97 Å². The van der Waals surface area contributed by atoms with Gasteiger partial charge in [-0.15, -0.1) is 6.58 Å². The van der Waals surface area contributed by atoms with Crippen LogP contribution >= 0.6 is 0 Å². The van der Waals surface area contributed by atoms with Crippen LogP contribution in [0.2, 0.25) is 0 Å². The summed E-state index contributed by atoms with van der Waals surface area (Å²) in [4.78, 5) is 21.8. The molecule has 0 spiro atoms. The Balaban J connectivity index is 1.84. The molecule has 0 aliphatic heterocycles. The molecule has 0 aliphatic carbocycles. The molecule has 6 heteroatoms. The van der Waals surface area contributed by atoms with Gasteiger partial charge in [0.05, 0.1) is 6.10 Å². The van der Waals surface area contributed by atoms with Crippen LogP contribution in [0, 0.1) is 0 Å². The number of hydrogen-bond donors (Lipinski definition) is 2. The molecule has 0 aliphatic rings. The molecule has 6 nitrogen and oxygen atoms in total. The van der Waals surface area contributed by atoms with Crippen molar-refractivity contribution in [3.63, 3.8) is 0 Å². The van der Waals surface area contributed by atoms with Crippen molar-refractivity contribution in [2.24, 2.45) is 0 Å². The van der Waals surface area contributed by atoms with E-state index in [-0.39, 0.29) is 17.7 Å². The van der Waals surface area contributed by atoms with Gasteiger partial charge in [0.1, 0.15) is 17.3 Å². The molecular formula is C23H24N4O2. The van der Waals surface area contributed by atoms with Crippen LogP contribution in [0.5, 0.6) is 5.75 Å². The Morgan fingerprint density at radius 1 is 1.10 bits per heavy atom. The molecule has 1 amide bonds. The Bertz CT molecular complexity index is 970. The molecule has 1 aromatic heterocycles. The first-order valence-corrected chi connectivity index (χ1v) is 9.42. The van der Waals surface area contributed by atoms with E-state index in [1.165, 1.54) is 0 Å². The lowest BCUT2D eigenvalue weighted by molar-refractivity contribution is 0.102. The first-order valence-electron chi connectivity index (χ1n) is 9.42. The van der Waals surface area contributed by atoms with E-state index >= 15 is 0 Å². The number of aromatic nitrogens is 2. The summed E-state index contributed by atoms with van der Waals surface area (Å²) in [6.45, 7) is 8.16. The van der Waals surface area contributed by atoms with Gasteiger partial charge in [-0.2, -0.15) is 0 Å². The topological polar surface area (TPSA) is 76.1 Å². The van der Waals surface area contributed by atoms with Gasteiger partial charge in [0.15, 0.2) is 5.82 Å². The van der Waals surface area contributed by atoms with Crippen molar-refractivity contribution in [1.82, 2.24) is 9.97 Å². The van der Waals surface area contributed by atoms with Gasteiger partial charge in [-0.1, -0.05) is 36.4 Å². The zero-order valence-electron chi connectivity index (χ0n) is 16.6. The maximum Gasteiger partial charge on any atom is 0.274 e. The highest BCUT2D eigenvalue weighted by molar-refractivity contribution is 6.03. The molecule has 0 atom stereocenters. The van der Waals surface area contributed by atoms with Crippen LogP contribution in [-0.4, -0.2) is 28.5 Å². The number of hydrogen-bond acceptors (Lipinski definition) is 5. The number of anilines is 2. The van der Waals surface area contributed by atoms with Crippen molar-refractivity contribution >= 4 is 17.4 Å². The third-order valence-electron chi connectivity index (χ3n) is 3.90. The van der Waals surface area contributed by atoms with Gasteiger partial charge in [0, 0.05) is 23.9 Å². The first kappa shape index (κ1) is 20.1. The van der Waals surface area contributed by atoms with Crippen LogP contribution < -0.4 is 15.4 Å². The second kappa shape index (κ2) is 9.50. The summed E-state index contributed by atoms with van der Waals surface area (Å²) in [5.41, 5.74) is 1.76. The van der Waals surface area contributed by atoms with Gasteiger partial charge in [-0.05, 0) is 38.1 Å². The van der Waals surface area contributed by atoms with E-state index in [0.717, 1.165) is 11.3 Å². The van der Waals surface area contributed by atoms with Crippen LogP contribution in [-0.2, 0) is 0 Å². The maximum atomic E-state index is 12.8. The maximum absolute atomic E-state index is 12.8. The van der Waals surface area contributed by atoms with Crippen LogP contribution in [0.1, 0.15) is 24.3 Å². The summed E-state index contributed by atoms with van der Waals surface area (Å²) < 4.78 is 5.63. The minimum Gasteiger partial charge on any atom is -0.491 e. The molecule has 0 fully saturated rings. The van der Waals surface area contributed by atoms with Gasteiger partial charge in [0.2, 0.25) is 0 Å². The fourth-order valence-electron chi connectivity index (χ4n) is 2.63. The summed E-state index contributed by atoms with van der Waals surface area (Å²) in [5, 5.41) is 5.99. The lowest BCUT2D eigenvalue weighted by atomic mass is 10.2. The molecule has 1 heterocycles. The van der Waals surface area contributed by atoms with Gasteiger partial charge in [-0.3, -0.25) is 4.79 Å². The Kier molecular flexibility index (Phi) is 6.58. The third-order valence-corrected chi connectivity index (χ3v) is 3.90. The predicted octanol–water partition coefficient (Wildman–Crippen LogP) is 4.78. The number of amides is 1. The summed E-state index contributed by atoms with van der Waals surface area (Å²) in [5.74, 6) is 1.47. The second-order valence-electron chi connectivity index (χ2n) is 6.64. The second-order valence-corrected chi connectivity index (χ2v) is 6.64. The molecule has 0 unspecified atom stereocenters. The van der Waals surface area contributed by atoms with Crippen molar-refractivity contribution in [2.75, 3.05) is 17.2 Å². The van der Waals surface area contributed by atoms with Crippen LogP contribution in [0.3, 0.4) is 0 Å². The van der Waals surface area contributed by atoms with Crippen molar-refractivity contribution in [3.8, 4) is 17.1 Å². The average molecular weight is 388 g/mol. The Labute approximate surface area is 170 Å². The van der Waals surface area contributed by atoms with Crippen molar-refractivity contribution in [2.45, 2.75) is 20.0 Å². The predicted molar refractivity (Wildman–Crippen MR) is 116 cm³/mol. The highest BCUT2D eigenvalue weighted by atomic mass is 16.5. The quantitative estimate of drug-likeness (QED) is 0.543. The Morgan fingerprint density at radius 2 is 1.83 bits per heavy atom. The van der Waals surface area contributed by atoms with E-state index in [1.807, 2.05) is 56.3 Å². The largest absolute Gasteiger partial charge is 0.491 e. The van der Waals surface area contributed by atoms with E-state index in [0.29, 0.717) is 23.9 Å². The number of ether oxygens (including phenoxy) is 1. The molecule has 0 saturated carbocycles. The molecule has 0 radical (unpaired) electrons. The number of benzene rings is 2. The number of carbonyl (C=O) groups excluding carboxylic acids is 1. The monoisotopic (exact) mass is 388 g/mol. The van der Waals surface area contributed by atoms with Crippen LogP contribution in [0.25, 0.3) is 11.4 Å². The minimum atomic E-state index is -0.316. The summed E-state index contributed by atoms with van der Waals surface area (Å²) in [6, 6.07) is 18.4. The molecule has 2 N–H and O–H groups in total. The first-order chi connectivity index (χ1) is 14.0. The Hall–Kier alpha value is -3.67. The molecule has 29 heavy (non-hydrogen) atoms. The Morgan fingerprint density at radius 3 is 2.48 bits per heavy atom. The van der Waals surface area contributed by atoms with Gasteiger partial charge in [0.25, 0.3) is 5.91 Å². The van der Waals surface area contributed by atoms with Crippen molar-refractivity contribution in [3.05, 3.63) is 79.0 Å². The van der Waals surface area contributed by atoms with E-state index < -0.39 is 0 Å². The van der Waals surface area contributed by atoms with Gasteiger partial charge >= 0.3 is 0 Å². The summed E-state index contributed by atoms with van der Waals surface area (Å²) in [6.07, 6.45) is 1.82. The fourth-order valence-corrected chi connectivity index (χ4v) is 2.63. The minimum absolute atomic E-state index is 0.0920. The number of carbonyl (C=O) groups is 1. The van der Waals surface area contributed by atoms with E-state index in [1.54, 1.807) is 24.3 Å². The standard InChI is InChI=1S/C23H24N4O2/c1-4-14-24-21-15-20(26-22(27-21)17-8-6-5-7-9-17)23(28)25-18-10-12-19(13-11-18)29-16(2)3/h4-13,15-16H,1,14H2,2-3H3,(H,25,28)(H,24,26,27). The SMILES string of the molecule is C=CCNc1cc(C(=O)Nc2ccc(OC(C)C)cc2)nc(-c2ccccc2)n1. The molecule has 148 valence electrons. The number of nitrogens with zero attached hydrogens (tertiary/aromatic N) is 2.